The molecule has 5 aromatic rings. The van der Waals surface area contributed by atoms with E-state index in [-0.39, 0.29) is 121 Å². The third-order valence-electron chi connectivity index (χ3n) is 19.2. The minimum absolute atomic E-state index is 0.00676. The standard InChI is InChI=1S/C79H106ClN15O15/c1-47(2)40-62-73(104)90-61(20-10-11-36-83-48(3)4)79(110)95-39-15-22-66(95)76(107)87-58(69(81)100)33-34-68(99)84-38-14-21-60(88-75(106)64(42-50-24-29-56(80)30-25-50)92-74(105)63(86-49(5)97)43-52-23-28-53-16-7-8-17-54(53)41-52)72(103)93-65(46-96)78(109)94(6)67(44-51-26-31-57(98)32-27-51)77(108)89-59(71(102)91-62)19-9-12-37-85-70(101)55-18-13-35-82-45-55/h7-8,13,16-18,23-32,35,41,45,47-48,58-67,83,96,98H,9-12,14-15,19-22,33-34,36-40,42-44,46H2,1-6H3,(H2,81,100)(H,84,99)(H,85,101)(H,86,97)(H,87,107)(H,88,106)(H,89,108)(H,90,104)(H,91,102)(H,92,105)(H,93,103). The number of carbonyl (C=O) groups excluding carboxylic acids is 13. The third-order valence-corrected chi connectivity index (χ3v) is 19.4. The lowest BCUT2D eigenvalue weighted by atomic mass is 9.99. The first-order valence-electron chi connectivity index (χ1n) is 37.6. The van der Waals surface area contributed by atoms with Gasteiger partial charge >= 0.3 is 0 Å². The molecule has 2 saturated heterocycles. The molecule has 10 unspecified atom stereocenters. The number of hydrogen-bond acceptors (Lipinski definition) is 17. The summed E-state index contributed by atoms with van der Waals surface area (Å²) in [5.41, 5.74) is 7.72. The first-order valence-corrected chi connectivity index (χ1v) is 38.0. The van der Waals surface area contributed by atoms with Crippen molar-refractivity contribution in [3.8, 4) is 5.75 Å². The van der Waals surface area contributed by atoms with Gasteiger partial charge in [0, 0.05) is 82.7 Å². The number of amides is 13. The van der Waals surface area contributed by atoms with Crippen LogP contribution < -0.4 is 64.2 Å². The maximum absolute atomic E-state index is 15.3. The number of aromatic nitrogens is 1. The molecule has 2 aliphatic rings. The average molecular weight is 1540 g/mol. The molecular weight excluding hydrogens is 1430 g/mol. The van der Waals surface area contributed by atoms with Gasteiger partial charge in [-0.3, -0.25) is 67.3 Å². The van der Waals surface area contributed by atoms with E-state index in [1.54, 1.807) is 36.4 Å². The lowest BCUT2D eigenvalue weighted by molar-refractivity contribution is -0.144. The molecule has 31 heteroatoms. The molecule has 0 radical (unpaired) electrons. The molecule has 10 atom stereocenters. The summed E-state index contributed by atoms with van der Waals surface area (Å²) < 4.78 is 0. The summed E-state index contributed by atoms with van der Waals surface area (Å²) in [5.74, 6) is -10.6. The first-order chi connectivity index (χ1) is 52.6. The zero-order valence-corrected chi connectivity index (χ0v) is 64.0. The minimum atomic E-state index is -1.87. The Balaban J connectivity index is 1.25. The van der Waals surface area contributed by atoms with Gasteiger partial charge in [0.05, 0.1) is 12.2 Å². The number of aliphatic hydroxyl groups excluding tert-OH is 1. The van der Waals surface area contributed by atoms with Crippen molar-refractivity contribution in [2.24, 2.45) is 11.7 Å². The molecule has 0 spiro atoms. The van der Waals surface area contributed by atoms with E-state index in [1.807, 2.05) is 70.2 Å². The van der Waals surface area contributed by atoms with Crippen LogP contribution in [0.3, 0.4) is 0 Å². The number of aromatic hydroxyl groups is 1. The van der Waals surface area contributed by atoms with Crippen LogP contribution in [-0.4, -0.2) is 208 Å². The summed E-state index contributed by atoms with van der Waals surface area (Å²) in [6, 6.07) is 14.1. The summed E-state index contributed by atoms with van der Waals surface area (Å²) in [4.78, 5) is 193. The number of fused-ring (bicyclic) bond motifs is 2. The zero-order chi connectivity index (χ0) is 80.0. The number of benzene rings is 4. The lowest BCUT2D eigenvalue weighted by Gasteiger charge is -2.33. The normalized spacial score (nSPS) is 21.1. The Labute approximate surface area is 645 Å². The van der Waals surface area contributed by atoms with E-state index in [0.717, 1.165) is 15.7 Å². The Kier molecular flexibility index (Phi) is 34.3. The highest BCUT2D eigenvalue weighted by atomic mass is 35.5. The monoisotopic (exact) mass is 1540 g/mol. The number of halogens is 1. The van der Waals surface area contributed by atoms with Crippen LogP contribution in [0.2, 0.25) is 5.02 Å². The Morgan fingerprint density at radius 2 is 1.28 bits per heavy atom. The number of nitrogens with zero attached hydrogens (tertiary/aromatic N) is 3. The fourth-order valence-corrected chi connectivity index (χ4v) is 13.3. The molecule has 0 aliphatic carbocycles. The Morgan fingerprint density at radius 1 is 0.645 bits per heavy atom. The van der Waals surface area contributed by atoms with Gasteiger partial charge in [0.2, 0.25) is 70.9 Å². The van der Waals surface area contributed by atoms with Gasteiger partial charge in [-0.1, -0.05) is 106 Å². The van der Waals surface area contributed by atoms with E-state index in [1.165, 1.54) is 55.5 Å². The van der Waals surface area contributed by atoms with Crippen LogP contribution in [0.25, 0.3) is 10.8 Å². The van der Waals surface area contributed by atoms with E-state index in [9.17, 15) is 48.6 Å². The smallest absolute Gasteiger partial charge is 0.252 e. The Morgan fingerprint density at radius 3 is 1.95 bits per heavy atom. The maximum Gasteiger partial charge on any atom is 0.252 e. The molecule has 4 aromatic carbocycles. The molecule has 594 valence electrons. The van der Waals surface area contributed by atoms with Crippen LogP contribution in [0, 0.1) is 5.92 Å². The van der Waals surface area contributed by atoms with E-state index in [4.69, 9.17) is 17.3 Å². The van der Waals surface area contributed by atoms with Gasteiger partial charge in [-0.25, -0.2) is 0 Å². The number of nitrogens with two attached hydrogens (primary N) is 1. The number of aliphatic hydroxyl groups is 1. The van der Waals surface area contributed by atoms with Gasteiger partial charge in [-0.2, -0.15) is 0 Å². The van der Waals surface area contributed by atoms with Gasteiger partial charge in [-0.15, -0.1) is 0 Å². The van der Waals surface area contributed by atoms with Crippen LogP contribution in [0.4, 0.5) is 0 Å². The van der Waals surface area contributed by atoms with Gasteiger partial charge in [0.1, 0.15) is 66.2 Å². The van der Waals surface area contributed by atoms with Crippen LogP contribution in [0.15, 0.2) is 116 Å². The van der Waals surface area contributed by atoms with Crippen LogP contribution in [0.5, 0.6) is 5.75 Å². The highest BCUT2D eigenvalue weighted by Crippen LogP contribution is 2.24. The Hall–Kier alpha value is -10.6. The summed E-state index contributed by atoms with van der Waals surface area (Å²) in [6.07, 6.45) is 3.40. The topological polar surface area (TPSA) is 440 Å². The number of unbranched alkanes of at least 4 members (excludes halogenated alkanes) is 2. The summed E-state index contributed by atoms with van der Waals surface area (Å²) >= 11 is 6.28. The van der Waals surface area contributed by atoms with E-state index in [2.05, 4.69) is 63.5 Å². The number of phenols is 1. The van der Waals surface area contributed by atoms with Crippen molar-refractivity contribution in [3.05, 3.63) is 143 Å². The third kappa shape index (κ3) is 27.5. The van der Waals surface area contributed by atoms with Crippen molar-refractivity contribution in [2.45, 2.75) is 204 Å². The van der Waals surface area contributed by atoms with Gasteiger partial charge in [0.25, 0.3) is 5.91 Å². The van der Waals surface area contributed by atoms with Crippen molar-refractivity contribution in [3.63, 3.8) is 0 Å². The van der Waals surface area contributed by atoms with Crippen LogP contribution in [0.1, 0.15) is 145 Å². The zero-order valence-electron chi connectivity index (χ0n) is 63.2. The predicted molar refractivity (Wildman–Crippen MR) is 412 cm³/mol. The largest absolute Gasteiger partial charge is 0.508 e. The molecule has 7 rings (SSSR count). The fraction of sp³-hybridized carbons (Fsp3) is 0.494. The van der Waals surface area contributed by atoms with Crippen LogP contribution in [-0.2, 0) is 76.8 Å². The van der Waals surface area contributed by atoms with E-state index >= 15 is 24.0 Å². The number of rotatable bonds is 27. The van der Waals surface area contributed by atoms with Gasteiger partial charge in [-0.05, 0) is 153 Å². The predicted octanol–water partition coefficient (Wildman–Crippen LogP) is 2.32. The van der Waals surface area contributed by atoms with Crippen molar-refractivity contribution in [1.82, 2.24) is 73.3 Å². The Bertz CT molecular complexity index is 3980. The number of primary amides is 1. The van der Waals surface area contributed by atoms with Crippen LogP contribution >= 0.6 is 11.6 Å². The van der Waals surface area contributed by atoms with Gasteiger partial charge in [0.15, 0.2) is 0 Å². The van der Waals surface area contributed by atoms with Gasteiger partial charge < -0.3 is 84.2 Å². The number of carbonyl (C=O) groups is 13. The molecular formula is C79H106ClN15O15. The molecule has 2 aliphatic heterocycles. The molecule has 30 nitrogen and oxygen atoms in total. The summed E-state index contributed by atoms with van der Waals surface area (Å²) in [5, 5.41) is 54.4. The average Bonchev–Trinajstić information content (AvgIpc) is 1.63. The molecule has 110 heavy (non-hydrogen) atoms. The molecule has 3 heterocycles. The second kappa shape index (κ2) is 43.6. The molecule has 2 fully saturated rings. The molecule has 0 saturated carbocycles. The fourth-order valence-electron chi connectivity index (χ4n) is 13.2. The first kappa shape index (κ1) is 86.6. The minimum Gasteiger partial charge on any atom is -0.508 e. The van der Waals surface area contributed by atoms with Crippen molar-refractivity contribution in [1.29, 1.82) is 0 Å². The van der Waals surface area contributed by atoms with E-state index < -0.39 is 144 Å². The maximum atomic E-state index is 15.3. The highest BCUT2D eigenvalue weighted by Gasteiger charge is 2.41. The SMILES string of the molecule is CC(=O)NC(Cc1ccc2ccccc2c1)C(=O)NC(Cc1ccc(Cl)cc1)C(=O)NC1CCCNC(=O)CCC(C(N)=O)NC(=O)C2CCCN2C(=O)C(CCCCNC(C)C)NC(=O)C(CC(C)C)NC(=O)C(CCCCNC(=O)c2cccnc2)NC(=O)C(Cc2ccc(O)cc2)N(C)C(=O)C(CO)NC1=O. The van der Waals surface area contributed by atoms with Crippen molar-refractivity contribution in [2.75, 3.05) is 39.8 Å². The van der Waals surface area contributed by atoms with Crippen molar-refractivity contribution < 1.29 is 72.5 Å². The summed E-state index contributed by atoms with van der Waals surface area (Å²) in [6.45, 7) is 8.35. The quantitative estimate of drug-likeness (QED) is 0.0336. The second-order valence-corrected chi connectivity index (χ2v) is 29.2. The number of likely N-dealkylation sites (N-methyl/N-ethyl adjacent to an activating group) is 1. The van der Waals surface area contributed by atoms with Crippen molar-refractivity contribution >= 4 is 99.2 Å². The second-order valence-electron chi connectivity index (χ2n) is 28.8. The summed E-state index contributed by atoms with van der Waals surface area (Å²) in [7, 11) is 1.23. The molecule has 1 aromatic heterocycles. The van der Waals surface area contributed by atoms with E-state index in [0.29, 0.717) is 53.1 Å². The number of pyridine rings is 1. The molecule has 13 amide bonds. The number of phenolic OH excluding ortho intramolecular Hbond substituents is 1. The number of hydrogen-bond donors (Lipinski definition) is 14. The molecule has 15 N–H and O–H groups in total. The lowest BCUT2D eigenvalue weighted by Crippen LogP contribution is -2.61. The number of nitrogens with one attached hydrogen (secondary N) is 11. The highest BCUT2D eigenvalue weighted by molar-refractivity contribution is 6.30. The molecule has 0 bridgehead atoms.